The van der Waals surface area contributed by atoms with Gasteiger partial charge in [0.15, 0.2) is 9.84 Å². The van der Waals surface area contributed by atoms with E-state index in [-0.39, 0.29) is 42.4 Å². The van der Waals surface area contributed by atoms with Crippen LogP contribution in [0.25, 0.3) is 10.4 Å². The van der Waals surface area contributed by atoms with Gasteiger partial charge in [0.1, 0.15) is 23.2 Å². The summed E-state index contributed by atoms with van der Waals surface area (Å²) in [7, 11) is -1.44. The smallest absolute Gasteiger partial charge is 0.409 e. The number of methoxy groups -OCH3 is 1. The van der Waals surface area contributed by atoms with E-state index in [0.717, 1.165) is 85.4 Å². The first-order valence-electron chi connectivity index (χ1n) is 19.2. The molecule has 10 nitrogen and oxygen atoms in total. The van der Waals surface area contributed by atoms with Gasteiger partial charge in [-0.15, -0.1) is 11.3 Å². The average molecular weight is 763 g/mol. The third-order valence-corrected chi connectivity index (χ3v) is 15.7. The molecule has 5 fully saturated rings. The van der Waals surface area contributed by atoms with E-state index in [1.165, 1.54) is 28.7 Å². The number of anilines is 1. The van der Waals surface area contributed by atoms with Gasteiger partial charge in [-0.3, -0.25) is 9.69 Å². The van der Waals surface area contributed by atoms with E-state index in [2.05, 4.69) is 31.2 Å². The summed E-state index contributed by atoms with van der Waals surface area (Å²) in [6.45, 7) is 7.24. The average Bonchev–Trinajstić information content (AvgIpc) is 3.65. The van der Waals surface area contributed by atoms with Gasteiger partial charge in [0.25, 0.3) is 0 Å². The van der Waals surface area contributed by atoms with Crippen LogP contribution in [-0.4, -0.2) is 80.1 Å². The molecule has 1 aliphatic heterocycles. The predicted molar refractivity (Wildman–Crippen MR) is 208 cm³/mol. The minimum Gasteiger partial charge on any atom is -0.496 e. The first-order chi connectivity index (χ1) is 25.2. The van der Waals surface area contributed by atoms with Crippen LogP contribution in [0, 0.1) is 18.3 Å². The van der Waals surface area contributed by atoms with Crippen LogP contribution in [0.2, 0.25) is 0 Å². The van der Waals surface area contributed by atoms with E-state index in [1.54, 1.807) is 18.4 Å². The van der Waals surface area contributed by atoms with Crippen LogP contribution < -0.4 is 9.64 Å². The maximum atomic E-state index is 14.5. The Morgan fingerprint density at radius 2 is 1.70 bits per heavy atom. The third-order valence-electron chi connectivity index (χ3n) is 12.8. The Labute approximate surface area is 318 Å². The lowest BCUT2D eigenvalue weighted by molar-refractivity contribution is -0.124. The molecule has 5 aliphatic rings. The van der Waals surface area contributed by atoms with E-state index in [4.69, 9.17) is 19.4 Å². The summed E-state index contributed by atoms with van der Waals surface area (Å²) in [6, 6.07) is 10.7. The number of ether oxygens (including phenoxy) is 2. The number of aryl methyl sites for hydroxylation is 1. The van der Waals surface area contributed by atoms with Crippen molar-refractivity contribution in [2.24, 2.45) is 11.3 Å². The molecule has 0 N–H and O–H groups in total. The quantitative estimate of drug-likeness (QED) is 0.194. The lowest BCUT2D eigenvalue weighted by atomic mass is 9.51. The molecular formula is C41H54N4O6S2. The van der Waals surface area contributed by atoms with Crippen LogP contribution in [0.5, 0.6) is 5.75 Å². The number of pyridine rings is 1. The molecule has 286 valence electrons. The van der Waals surface area contributed by atoms with Crippen LogP contribution in [0.1, 0.15) is 101 Å². The number of likely N-dealkylation sites (tertiary alicyclic amines) is 1. The summed E-state index contributed by atoms with van der Waals surface area (Å²) >= 11 is 1.55. The molecular weight excluding hydrogens is 709 g/mol. The zero-order valence-electron chi connectivity index (χ0n) is 31.9. The minimum absolute atomic E-state index is 0.0335. The molecule has 4 aliphatic carbocycles. The maximum absolute atomic E-state index is 14.5. The predicted octanol–water partition coefficient (Wildman–Crippen LogP) is 7.87. The Kier molecular flexibility index (Phi) is 10.4. The van der Waals surface area contributed by atoms with Gasteiger partial charge < -0.3 is 14.4 Å². The number of rotatable bonds is 11. The second-order valence-electron chi connectivity index (χ2n) is 17.0. The summed E-state index contributed by atoms with van der Waals surface area (Å²) in [4.78, 5) is 41.1. The molecule has 1 aromatic carbocycles. The summed E-state index contributed by atoms with van der Waals surface area (Å²) in [5.74, 6) is 1.90. The fraction of sp³-hybridized carbons (Fsp3) is 0.610. The van der Waals surface area contributed by atoms with E-state index in [0.29, 0.717) is 12.4 Å². The Morgan fingerprint density at radius 3 is 2.34 bits per heavy atom. The second kappa shape index (κ2) is 14.6. The van der Waals surface area contributed by atoms with Crippen molar-refractivity contribution in [3.63, 3.8) is 0 Å². The molecule has 0 spiro atoms. The molecule has 8 rings (SSSR count). The zero-order chi connectivity index (χ0) is 37.6. The van der Waals surface area contributed by atoms with E-state index < -0.39 is 26.6 Å². The van der Waals surface area contributed by atoms with Crippen molar-refractivity contribution in [2.45, 2.75) is 107 Å². The van der Waals surface area contributed by atoms with Crippen molar-refractivity contribution >= 4 is 39.0 Å². The topological polar surface area (TPSA) is 119 Å². The number of thiazole rings is 1. The number of nitrogens with zero attached hydrogens (tertiary/aromatic N) is 4. The monoisotopic (exact) mass is 762 g/mol. The van der Waals surface area contributed by atoms with Gasteiger partial charge in [-0.25, -0.2) is 23.2 Å². The molecule has 0 unspecified atom stereocenters. The highest BCUT2D eigenvalue weighted by atomic mass is 32.2. The highest BCUT2D eigenvalue weighted by Gasteiger charge is 2.51. The molecule has 3 heterocycles. The van der Waals surface area contributed by atoms with Gasteiger partial charge in [-0.05, 0) is 104 Å². The van der Waals surface area contributed by atoms with Crippen molar-refractivity contribution in [1.82, 2.24) is 14.9 Å². The van der Waals surface area contributed by atoms with Crippen molar-refractivity contribution < 1.29 is 27.5 Å². The van der Waals surface area contributed by atoms with E-state index in [1.807, 2.05) is 37.2 Å². The van der Waals surface area contributed by atoms with Crippen LogP contribution in [0.3, 0.4) is 0 Å². The summed E-state index contributed by atoms with van der Waals surface area (Å²) in [5, 5.41) is 0.299. The van der Waals surface area contributed by atoms with E-state index in [9.17, 15) is 18.0 Å². The number of amides is 2. The highest BCUT2D eigenvalue weighted by molar-refractivity contribution is 7.91. The maximum Gasteiger partial charge on any atom is 0.409 e. The molecule has 0 atom stereocenters. The molecule has 2 amide bonds. The van der Waals surface area contributed by atoms with Gasteiger partial charge >= 0.3 is 6.09 Å². The number of sulfone groups is 1. The lowest BCUT2D eigenvalue weighted by Gasteiger charge is -2.55. The Morgan fingerprint density at radius 1 is 1.00 bits per heavy atom. The molecule has 1 saturated heterocycles. The Hall–Kier alpha value is -3.51. The Balaban J connectivity index is 1.07. The third kappa shape index (κ3) is 7.72. The Bertz CT molecular complexity index is 1920. The normalized spacial score (nSPS) is 23.8. The molecule has 53 heavy (non-hydrogen) atoms. The van der Waals surface area contributed by atoms with Crippen LogP contribution in [0.4, 0.5) is 10.6 Å². The van der Waals surface area contributed by atoms with Gasteiger partial charge in [0.2, 0.25) is 5.91 Å². The largest absolute Gasteiger partial charge is 0.496 e. The van der Waals surface area contributed by atoms with Crippen LogP contribution >= 0.6 is 11.3 Å². The van der Waals surface area contributed by atoms with Crippen molar-refractivity contribution in [3.8, 4) is 16.2 Å². The molecule has 0 radical (unpaired) electrons. The minimum atomic E-state index is -3.17. The fourth-order valence-corrected chi connectivity index (χ4v) is 10.9. The first kappa shape index (κ1) is 37.8. The van der Waals surface area contributed by atoms with Gasteiger partial charge in [0, 0.05) is 44.2 Å². The number of hydrogen-bond acceptors (Lipinski definition) is 9. The summed E-state index contributed by atoms with van der Waals surface area (Å²) < 4.78 is 34.7. The number of benzene rings is 1. The molecule has 4 saturated carbocycles. The number of carbonyl (C=O) groups is 2. The van der Waals surface area contributed by atoms with Crippen LogP contribution in [0.15, 0.2) is 42.7 Å². The number of aromatic nitrogens is 2. The molecule has 12 heteroatoms. The lowest BCUT2D eigenvalue weighted by Crippen LogP contribution is -2.57. The van der Waals surface area contributed by atoms with Crippen molar-refractivity contribution in [2.75, 3.05) is 44.5 Å². The summed E-state index contributed by atoms with van der Waals surface area (Å²) in [5.41, 5.74) is 3.29. The standard InChI is InChI=1S/C41H54N4O6S2/c1-28-21-31(11-12-33(28)50-4)41-17-14-40(15-18-41,16-19-41)26-45(36(46)29-9-7-6-8-10-29)35-22-30(13-20-42-35)34-23-43-37(52-34)39(2,3)27-51-38(47)44-24-32(25-44)53(5,48)49/h11-13,20-23,29,32H,6-10,14-19,24-27H2,1-5H3. The molecule has 2 bridgehead atoms. The molecule has 2 aromatic heterocycles. The van der Waals surface area contributed by atoms with Crippen LogP contribution in [-0.2, 0) is 30.2 Å². The SMILES string of the molecule is COc1ccc(C23CCC(CN(C(=O)C4CCCCC4)c4cc(-c5cnc(C(C)(C)COC(=O)N6CC(S(C)(=O)=O)C6)s5)ccn4)(CC2)CC3)cc1C. The van der Waals surface area contributed by atoms with Crippen molar-refractivity contribution in [1.29, 1.82) is 0 Å². The fourth-order valence-electron chi connectivity index (χ4n) is 9.01. The number of carbonyl (C=O) groups excluding carboxylic acids is 2. The van der Waals surface area contributed by atoms with Gasteiger partial charge in [-0.1, -0.05) is 45.2 Å². The van der Waals surface area contributed by atoms with Gasteiger partial charge in [-0.2, -0.15) is 0 Å². The molecule has 3 aromatic rings. The van der Waals surface area contributed by atoms with E-state index >= 15 is 0 Å². The zero-order valence-corrected chi connectivity index (χ0v) is 33.5. The first-order valence-corrected chi connectivity index (χ1v) is 22.0. The van der Waals surface area contributed by atoms with Gasteiger partial charge in [0.05, 0.1) is 22.7 Å². The number of fused-ring (bicyclic) bond motifs is 3. The highest BCUT2D eigenvalue weighted by Crippen LogP contribution is 2.58. The second-order valence-corrected chi connectivity index (χ2v) is 20.3. The van der Waals surface area contributed by atoms with Crippen molar-refractivity contribution in [3.05, 3.63) is 58.9 Å². The number of hydrogen-bond donors (Lipinski definition) is 0. The summed E-state index contributed by atoms with van der Waals surface area (Å²) in [6.07, 6.45) is 16.3.